The van der Waals surface area contributed by atoms with Gasteiger partial charge in [-0.25, -0.2) is 4.79 Å². The first-order chi connectivity index (χ1) is 11.7. The molecule has 0 aliphatic carbocycles. The van der Waals surface area contributed by atoms with Crippen molar-refractivity contribution in [3.63, 3.8) is 0 Å². The Morgan fingerprint density at radius 2 is 1.62 bits per heavy atom. The van der Waals surface area contributed by atoms with Gasteiger partial charge in [-0.2, -0.15) is 0 Å². The number of esters is 1. The first kappa shape index (κ1) is 17.5. The van der Waals surface area contributed by atoms with Gasteiger partial charge in [-0.15, -0.1) is 0 Å². The Labute approximate surface area is 142 Å². The second-order valence-electron chi connectivity index (χ2n) is 5.32. The molecule has 0 unspecified atom stereocenters. The zero-order valence-corrected chi connectivity index (χ0v) is 13.9. The molecule has 4 nitrogen and oxygen atoms in total. The van der Waals surface area contributed by atoms with Crippen molar-refractivity contribution in [2.24, 2.45) is 0 Å². The van der Waals surface area contributed by atoms with E-state index in [9.17, 15) is 9.59 Å². The first-order valence-electron chi connectivity index (χ1n) is 7.78. The van der Waals surface area contributed by atoms with Crippen LogP contribution < -0.4 is 5.32 Å². The molecule has 0 aliphatic rings. The third-order valence-electron chi connectivity index (χ3n) is 3.72. The van der Waals surface area contributed by atoms with Crippen LogP contribution in [0.5, 0.6) is 0 Å². The molecule has 0 saturated carbocycles. The van der Waals surface area contributed by atoms with Crippen LogP contribution in [-0.2, 0) is 20.7 Å². The van der Waals surface area contributed by atoms with Crippen LogP contribution in [-0.4, -0.2) is 19.0 Å². The van der Waals surface area contributed by atoms with E-state index in [2.05, 4.69) is 5.32 Å². The quantitative estimate of drug-likeness (QED) is 0.656. The number of carbonyl (C=O) groups excluding carboxylic acids is 2. The minimum absolute atomic E-state index is 0.277. The lowest BCUT2D eigenvalue weighted by molar-refractivity contribution is -0.144. The Hall–Kier alpha value is -2.88. The van der Waals surface area contributed by atoms with Gasteiger partial charge in [0.15, 0.2) is 6.04 Å². The highest BCUT2D eigenvalue weighted by Gasteiger charge is 2.24. The summed E-state index contributed by atoms with van der Waals surface area (Å²) in [6, 6.07) is 18.0. The third kappa shape index (κ3) is 4.56. The van der Waals surface area contributed by atoms with Crippen molar-refractivity contribution in [1.82, 2.24) is 5.32 Å². The normalized spacial score (nSPS) is 12.3. The van der Waals surface area contributed by atoms with Gasteiger partial charge in [0.25, 0.3) is 0 Å². The maximum atomic E-state index is 12.6. The molecule has 24 heavy (non-hydrogen) atoms. The molecule has 1 N–H and O–H groups in total. The minimum Gasteiger partial charge on any atom is -0.467 e. The summed E-state index contributed by atoms with van der Waals surface area (Å²) in [6.07, 6.45) is 2.27. The van der Waals surface area contributed by atoms with Crippen molar-refractivity contribution in [3.8, 4) is 0 Å². The van der Waals surface area contributed by atoms with E-state index in [0.29, 0.717) is 17.6 Å². The van der Waals surface area contributed by atoms with Gasteiger partial charge in [0.05, 0.1) is 7.11 Å². The van der Waals surface area contributed by atoms with Gasteiger partial charge in [-0.3, -0.25) is 4.79 Å². The van der Waals surface area contributed by atoms with E-state index in [0.717, 1.165) is 5.56 Å². The predicted octanol–water partition coefficient (Wildman–Crippen LogP) is 3.21. The lowest BCUT2D eigenvalue weighted by atomic mass is 10.0. The zero-order valence-electron chi connectivity index (χ0n) is 13.9. The summed E-state index contributed by atoms with van der Waals surface area (Å²) in [5.41, 5.74) is 2.33. The van der Waals surface area contributed by atoms with Gasteiger partial charge < -0.3 is 10.1 Å². The number of allylic oxidation sites excluding steroid dienone is 1. The van der Waals surface area contributed by atoms with Crippen LogP contribution in [0, 0.1) is 0 Å². The number of carbonyl (C=O) groups is 2. The van der Waals surface area contributed by atoms with Gasteiger partial charge in [0.2, 0.25) is 5.91 Å². The molecular weight excluding hydrogens is 302 g/mol. The topological polar surface area (TPSA) is 55.4 Å². The van der Waals surface area contributed by atoms with Crippen molar-refractivity contribution in [2.75, 3.05) is 7.11 Å². The lowest BCUT2D eigenvalue weighted by Gasteiger charge is -2.18. The number of benzene rings is 2. The zero-order chi connectivity index (χ0) is 17.4. The summed E-state index contributed by atoms with van der Waals surface area (Å²) in [7, 11) is 1.31. The van der Waals surface area contributed by atoms with Crippen molar-refractivity contribution in [1.29, 1.82) is 0 Å². The average Bonchev–Trinajstić information content (AvgIpc) is 2.64. The number of ether oxygens (including phenoxy) is 1. The first-order valence-corrected chi connectivity index (χ1v) is 7.78. The highest BCUT2D eigenvalue weighted by atomic mass is 16.5. The Morgan fingerprint density at radius 1 is 1.04 bits per heavy atom. The number of hydrogen-bond donors (Lipinski definition) is 1. The Morgan fingerprint density at radius 3 is 2.17 bits per heavy atom. The van der Waals surface area contributed by atoms with Crippen LogP contribution in [0.2, 0.25) is 0 Å². The molecule has 0 heterocycles. The number of hydrogen-bond acceptors (Lipinski definition) is 3. The van der Waals surface area contributed by atoms with Crippen LogP contribution in [0.4, 0.5) is 0 Å². The number of nitrogens with one attached hydrogen (secondary N) is 1. The van der Waals surface area contributed by atoms with E-state index in [1.54, 1.807) is 18.2 Å². The predicted molar refractivity (Wildman–Crippen MR) is 93.2 cm³/mol. The summed E-state index contributed by atoms with van der Waals surface area (Å²) in [5.74, 6) is -0.773. The summed E-state index contributed by atoms with van der Waals surface area (Å²) in [5, 5.41) is 2.77. The maximum Gasteiger partial charge on any atom is 0.333 e. The molecule has 0 aliphatic heterocycles. The maximum absolute atomic E-state index is 12.6. The standard InChI is InChI=1S/C20H21NO3/c1-3-16(14-15-10-6-4-7-11-15)19(22)21-18(20(23)24-2)17-12-8-5-9-13-17/h3-13,18H,14H2,1-2H3,(H,21,22)/t18-/m1/s1. The Balaban J connectivity index is 2.15. The molecule has 1 atom stereocenters. The van der Waals surface area contributed by atoms with Gasteiger partial charge in [0, 0.05) is 12.0 Å². The van der Waals surface area contributed by atoms with Crippen molar-refractivity contribution in [3.05, 3.63) is 83.4 Å². The molecule has 1 amide bonds. The molecule has 2 aromatic carbocycles. The molecule has 0 radical (unpaired) electrons. The van der Waals surface area contributed by atoms with Crippen molar-refractivity contribution in [2.45, 2.75) is 19.4 Å². The lowest BCUT2D eigenvalue weighted by Crippen LogP contribution is -2.35. The molecule has 4 heteroatoms. The van der Waals surface area contributed by atoms with E-state index in [-0.39, 0.29) is 5.91 Å². The monoisotopic (exact) mass is 323 g/mol. The molecular formula is C20H21NO3. The summed E-state index contributed by atoms with van der Waals surface area (Å²) in [6.45, 7) is 1.81. The molecule has 0 bridgehead atoms. The molecule has 2 aromatic rings. The highest BCUT2D eigenvalue weighted by Crippen LogP contribution is 2.16. The molecule has 2 rings (SSSR count). The summed E-state index contributed by atoms with van der Waals surface area (Å²) < 4.78 is 4.83. The number of amides is 1. The molecule has 0 aromatic heterocycles. The van der Waals surface area contributed by atoms with Gasteiger partial charge in [0.1, 0.15) is 0 Å². The summed E-state index contributed by atoms with van der Waals surface area (Å²) >= 11 is 0. The van der Waals surface area contributed by atoms with E-state index in [1.165, 1.54) is 7.11 Å². The number of rotatable bonds is 6. The average molecular weight is 323 g/mol. The fraction of sp³-hybridized carbons (Fsp3) is 0.200. The van der Waals surface area contributed by atoms with E-state index in [4.69, 9.17) is 4.74 Å². The fourth-order valence-electron chi connectivity index (χ4n) is 2.39. The van der Waals surface area contributed by atoms with Crippen molar-refractivity contribution >= 4 is 11.9 Å². The Kier molecular flexibility index (Phi) is 6.32. The second-order valence-corrected chi connectivity index (χ2v) is 5.32. The van der Waals surface area contributed by atoms with Gasteiger partial charge >= 0.3 is 5.97 Å². The molecule has 0 saturated heterocycles. The van der Waals surface area contributed by atoms with Crippen LogP contribution in [0.15, 0.2) is 72.3 Å². The minimum atomic E-state index is -0.825. The van der Waals surface area contributed by atoms with Gasteiger partial charge in [-0.05, 0) is 18.1 Å². The molecule has 0 fully saturated rings. The van der Waals surface area contributed by atoms with E-state index in [1.807, 2.05) is 55.5 Å². The van der Waals surface area contributed by atoms with E-state index < -0.39 is 12.0 Å². The van der Waals surface area contributed by atoms with E-state index >= 15 is 0 Å². The Bertz CT molecular complexity index is 708. The third-order valence-corrected chi connectivity index (χ3v) is 3.72. The van der Waals surface area contributed by atoms with Crippen molar-refractivity contribution < 1.29 is 14.3 Å². The highest BCUT2D eigenvalue weighted by molar-refractivity contribution is 5.96. The smallest absolute Gasteiger partial charge is 0.333 e. The van der Waals surface area contributed by atoms with Crippen LogP contribution in [0.1, 0.15) is 24.1 Å². The van der Waals surface area contributed by atoms with Crippen LogP contribution in [0.3, 0.4) is 0 Å². The largest absolute Gasteiger partial charge is 0.467 e. The fourth-order valence-corrected chi connectivity index (χ4v) is 2.39. The van der Waals surface area contributed by atoms with Gasteiger partial charge in [-0.1, -0.05) is 66.7 Å². The second kappa shape index (κ2) is 8.67. The molecule has 124 valence electrons. The van der Waals surface area contributed by atoms with Crippen LogP contribution >= 0.6 is 0 Å². The number of methoxy groups -OCH3 is 1. The SMILES string of the molecule is CC=C(Cc1ccccc1)C(=O)N[C@@H](C(=O)OC)c1ccccc1. The molecule has 0 spiro atoms. The summed E-state index contributed by atoms with van der Waals surface area (Å²) in [4.78, 5) is 24.7. The van der Waals surface area contributed by atoms with Crippen LogP contribution in [0.25, 0.3) is 0 Å².